The van der Waals surface area contributed by atoms with E-state index in [0.717, 1.165) is 92.5 Å². The van der Waals surface area contributed by atoms with Gasteiger partial charge in [-0.3, -0.25) is 9.80 Å². The van der Waals surface area contributed by atoms with Crippen LogP contribution in [0.25, 0.3) is 11.0 Å². The van der Waals surface area contributed by atoms with E-state index in [9.17, 15) is 9.59 Å². The van der Waals surface area contributed by atoms with Crippen LogP contribution in [0.15, 0.2) is 40.9 Å². The summed E-state index contributed by atoms with van der Waals surface area (Å²) < 4.78 is 12.2. The molecule has 3 aliphatic rings. The predicted octanol–water partition coefficient (Wildman–Crippen LogP) is 5.31. The van der Waals surface area contributed by atoms with Gasteiger partial charge in [-0.25, -0.2) is 9.59 Å². The fourth-order valence-electron chi connectivity index (χ4n) is 5.47. The van der Waals surface area contributed by atoms with Crippen LogP contribution in [0.1, 0.15) is 59.5 Å². The van der Waals surface area contributed by atoms with Gasteiger partial charge in [0.1, 0.15) is 16.7 Å². The number of rotatable bonds is 12. The number of thiophene rings is 1. The van der Waals surface area contributed by atoms with Crippen molar-refractivity contribution in [2.45, 2.75) is 58.0 Å². The number of carbonyl (C=O) groups is 2. The number of carboxylic acids is 2. The van der Waals surface area contributed by atoms with Crippen LogP contribution < -0.4 is 4.74 Å². The SMILES string of the molecule is N#Cc1ccc(CN2CCC(CCc3noc4c(CN5CCC5)c(OCC5CC5)ccc34)CC2)s1.O=C(O)C=CC(=O)O. The number of aromatic nitrogens is 1. The van der Waals surface area contributed by atoms with E-state index in [0.29, 0.717) is 12.2 Å². The number of hydrogen-bond acceptors (Lipinski definition) is 9. The van der Waals surface area contributed by atoms with Crippen molar-refractivity contribution in [3.8, 4) is 11.8 Å². The van der Waals surface area contributed by atoms with Crippen LogP contribution in [-0.2, 0) is 29.1 Å². The van der Waals surface area contributed by atoms with Gasteiger partial charge in [-0.2, -0.15) is 5.26 Å². The van der Waals surface area contributed by atoms with Crippen molar-refractivity contribution in [2.24, 2.45) is 11.8 Å². The standard InChI is InChI=1S/C28H34N4O2S.C4H4O4/c29-16-22-5-6-23(35-22)17-32-14-10-20(11-15-32)4-8-26-24-7-9-27(33-19-21-2-3-21)25(28(24)34-30-26)18-31-12-1-13-31;5-3(6)1-2-4(7)8/h5-7,9,20-21H,1-4,8,10-15,17-19H2;1-2H,(H,5,6)(H,7,8). The molecule has 0 unspecified atom stereocenters. The van der Waals surface area contributed by atoms with Gasteiger partial charge < -0.3 is 19.5 Å². The third-order valence-corrected chi connectivity index (χ3v) is 9.27. The molecule has 2 saturated heterocycles. The second-order valence-electron chi connectivity index (χ2n) is 11.6. The zero-order valence-corrected chi connectivity index (χ0v) is 25.1. The van der Waals surface area contributed by atoms with Gasteiger partial charge in [0.25, 0.3) is 0 Å². The minimum atomic E-state index is -1.26. The Balaban J connectivity index is 0.000000407. The van der Waals surface area contributed by atoms with Crippen molar-refractivity contribution < 1.29 is 29.1 Å². The summed E-state index contributed by atoms with van der Waals surface area (Å²) >= 11 is 1.62. The fourth-order valence-corrected chi connectivity index (χ4v) is 6.32. The number of aryl methyl sites for hydroxylation is 1. The molecule has 10 nitrogen and oxygen atoms in total. The molecule has 0 amide bonds. The van der Waals surface area contributed by atoms with Crippen molar-refractivity contribution in [2.75, 3.05) is 32.8 Å². The van der Waals surface area contributed by atoms with Crippen molar-refractivity contribution in [1.82, 2.24) is 15.0 Å². The molecule has 0 bridgehead atoms. The van der Waals surface area contributed by atoms with E-state index in [-0.39, 0.29) is 0 Å². The smallest absolute Gasteiger partial charge is 0.328 e. The molecule has 228 valence electrons. The summed E-state index contributed by atoms with van der Waals surface area (Å²) in [6, 6.07) is 10.6. The van der Waals surface area contributed by atoms with E-state index in [1.165, 1.54) is 47.9 Å². The molecule has 6 rings (SSSR count). The number of hydrogen-bond donors (Lipinski definition) is 2. The summed E-state index contributed by atoms with van der Waals surface area (Å²) in [4.78, 5) is 26.2. The van der Waals surface area contributed by atoms with Crippen molar-refractivity contribution in [3.63, 3.8) is 0 Å². The van der Waals surface area contributed by atoms with Crippen molar-refractivity contribution in [3.05, 3.63) is 57.4 Å². The Morgan fingerprint density at radius 3 is 2.33 bits per heavy atom. The van der Waals surface area contributed by atoms with Crippen LogP contribution in [0, 0.1) is 23.2 Å². The summed E-state index contributed by atoms with van der Waals surface area (Å²) in [5.74, 6) is -0.0592. The maximum atomic E-state index is 9.55. The molecule has 43 heavy (non-hydrogen) atoms. The molecule has 1 aromatic carbocycles. The Bertz CT molecular complexity index is 1460. The van der Waals surface area contributed by atoms with Crippen molar-refractivity contribution in [1.29, 1.82) is 5.26 Å². The third kappa shape index (κ3) is 8.89. The van der Waals surface area contributed by atoms with Crippen LogP contribution in [-0.4, -0.2) is 69.9 Å². The van der Waals surface area contributed by atoms with Gasteiger partial charge in [0.05, 0.1) is 17.9 Å². The van der Waals surface area contributed by atoms with Gasteiger partial charge >= 0.3 is 11.9 Å². The second-order valence-corrected chi connectivity index (χ2v) is 12.7. The molecule has 2 aliphatic heterocycles. The molecule has 1 saturated carbocycles. The van der Waals surface area contributed by atoms with E-state index in [1.54, 1.807) is 11.3 Å². The molecule has 2 aromatic heterocycles. The van der Waals surface area contributed by atoms with Gasteiger partial charge in [-0.1, -0.05) is 5.16 Å². The zero-order chi connectivity index (χ0) is 30.2. The number of nitriles is 1. The molecular weight excluding hydrogens is 568 g/mol. The first-order valence-corrected chi connectivity index (χ1v) is 15.8. The van der Waals surface area contributed by atoms with Gasteiger partial charge in [-0.05, 0) is 107 Å². The molecule has 4 heterocycles. The first-order valence-electron chi connectivity index (χ1n) is 15.0. The molecule has 1 aliphatic carbocycles. The molecule has 3 aromatic rings. The molecule has 0 atom stereocenters. The number of benzene rings is 1. The molecule has 3 fully saturated rings. The summed E-state index contributed by atoms with van der Waals surface area (Å²) in [7, 11) is 0. The first-order chi connectivity index (χ1) is 20.9. The Labute approximate surface area is 255 Å². The highest BCUT2D eigenvalue weighted by Crippen LogP contribution is 2.36. The van der Waals surface area contributed by atoms with Crippen LogP contribution in [0.3, 0.4) is 0 Å². The lowest BCUT2D eigenvalue weighted by molar-refractivity contribution is -0.134. The number of carboxylic acid groups (broad SMARTS) is 2. The number of piperidine rings is 1. The summed E-state index contributed by atoms with van der Waals surface area (Å²) in [5.41, 5.74) is 3.22. The summed E-state index contributed by atoms with van der Waals surface area (Å²) in [6.07, 6.45) is 9.58. The lowest BCUT2D eigenvalue weighted by Gasteiger charge is -2.31. The van der Waals surface area contributed by atoms with Gasteiger partial charge in [0.2, 0.25) is 0 Å². The van der Waals surface area contributed by atoms with Crippen LogP contribution >= 0.6 is 11.3 Å². The predicted molar refractivity (Wildman–Crippen MR) is 162 cm³/mol. The number of nitrogens with zero attached hydrogens (tertiary/aromatic N) is 4. The maximum absolute atomic E-state index is 9.55. The quantitative estimate of drug-likeness (QED) is 0.261. The normalized spacial score (nSPS) is 17.7. The minimum Gasteiger partial charge on any atom is -0.493 e. The van der Waals surface area contributed by atoms with Crippen LogP contribution in [0.2, 0.25) is 0 Å². The van der Waals surface area contributed by atoms with E-state index in [4.69, 9.17) is 24.7 Å². The molecular formula is C32H38N4O6S. The van der Waals surface area contributed by atoms with Crippen LogP contribution in [0.5, 0.6) is 5.75 Å². The van der Waals surface area contributed by atoms with Gasteiger partial charge in [0.15, 0.2) is 5.58 Å². The van der Waals surface area contributed by atoms with E-state index in [1.807, 2.05) is 6.07 Å². The van der Waals surface area contributed by atoms with E-state index >= 15 is 0 Å². The number of aliphatic carboxylic acids is 2. The van der Waals surface area contributed by atoms with E-state index in [2.05, 4.69) is 39.2 Å². The Morgan fingerprint density at radius 2 is 1.72 bits per heavy atom. The van der Waals surface area contributed by atoms with E-state index < -0.39 is 11.9 Å². The largest absolute Gasteiger partial charge is 0.493 e. The number of ether oxygens (including phenoxy) is 1. The lowest BCUT2D eigenvalue weighted by Crippen LogP contribution is -2.36. The van der Waals surface area contributed by atoms with Gasteiger partial charge in [0, 0.05) is 35.5 Å². The molecule has 0 radical (unpaired) electrons. The lowest BCUT2D eigenvalue weighted by atomic mass is 9.91. The fraction of sp³-hybridized carbons (Fsp3) is 0.500. The van der Waals surface area contributed by atoms with Crippen LogP contribution in [0.4, 0.5) is 0 Å². The second kappa shape index (κ2) is 14.6. The Hall–Kier alpha value is -3.72. The first kappa shape index (κ1) is 30.7. The average Bonchev–Trinajstić information content (AvgIpc) is 3.54. The summed E-state index contributed by atoms with van der Waals surface area (Å²) in [5, 5.41) is 30.4. The topological polar surface area (TPSA) is 140 Å². The summed E-state index contributed by atoms with van der Waals surface area (Å²) in [6.45, 7) is 7.26. The third-order valence-electron chi connectivity index (χ3n) is 8.29. The highest BCUT2D eigenvalue weighted by atomic mass is 32.1. The highest BCUT2D eigenvalue weighted by Gasteiger charge is 2.26. The molecule has 2 N–H and O–H groups in total. The molecule has 11 heteroatoms. The van der Waals surface area contributed by atoms with Crippen molar-refractivity contribution >= 4 is 34.2 Å². The average molecular weight is 607 g/mol. The monoisotopic (exact) mass is 606 g/mol. The zero-order valence-electron chi connectivity index (χ0n) is 24.2. The number of likely N-dealkylation sites (tertiary alicyclic amines) is 2. The Morgan fingerprint density at radius 1 is 1.00 bits per heavy atom. The minimum absolute atomic E-state index is 0.558. The van der Waals surface area contributed by atoms with Gasteiger partial charge in [-0.15, -0.1) is 11.3 Å². The maximum Gasteiger partial charge on any atom is 0.328 e. The highest BCUT2D eigenvalue weighted by molar-refractivity contribution is 7.12. The molecule has 0 spiro atoms. The Kier molecular flexibility index (Phi) is 10.5. The number of fused-ring (bicyclic) bond motifs is 1.